The van der Waals surface area contributed by atoms with Crippen LogP contribution in [0, 0.1) is 0 Å². The molecule has 0 saturated carbocycles. The Morgan fingerprint density at radius 3 is 3.00 bits per heavy atom. The zero-order valence-corrected chi connectivity index (χ0v) is 9.59. The summed E-state index contributed by atoms with van der Waals surface area (Å²) in [6.45, 7) is 11.0. The van der Waals surface area contributed by atoms with Crippen LogP contribution >= 0.6 is 0 Å². The van der Waals surface area contributed by atoms with Gasteiger partial charge in [-0.3, -0.25) is 4.90 Å². The first-order chi connectivity index (χ1) is 6.83. The molecule has 1 rings (SSSR count). The van der Waals surface area contributed by atoms with E-state index in [0.29, 0.717) is 6.10 Å². The van der Waals surface area contributed by atoms with Crippen LogP contribution in [0.25, 0.3) is 0 Å². The molecule has 1 aliphatic rings. The summed E-state index contributed by atoms with van der Waals surface area (Å²) in [5.41, 5.74) is 0. The summed E-state index contributed by atoms with van der Waals surface area (Å²) in [5.74, 6) is 0. The summed E-state index contributed by atoms with van der Waals surface area (Å²) in [5, 5.41) is 3.43. The standard InChI is InChI=1S/C11H24N2O/c1-3-5-12-6-4-7-13-8-9-14-11(2)10-13/h11-12H,3-10H2,1-2H3. The molecular weight excluding hydrogens is 176 g/mol. The second-order valence-corrected chi connectivity index (χ2v) is 4.09. The second kappa shape index (κ2) is 7.21. The molecule has 0 aromatic rings. The first kappa shape index (κ1) is 12.0. The molecule has 1 unspecified atom stereocenters. The predicted octanol–water partition coefficient (Wildman–Crippen LogP) is 1.10. The van der Waals surface area contributed by atoms with Gasteiger partial charge in [-0.25, -0.2) is 0 Å². The smallest absolute Gasteiger partial charge is 0.0674 e. The van der Waals surface area contributed by atoms with Gasteiger partial charge in [0, 0.05) is 13.1 Å². The molecule has 0 aromatic carbocycles. The highest BCUT2D eigenvalue weighted by atomic mass is 16.5. The fourth-order valence-corrected chi connectivity index (χ4v) is 1.82. The number of nitrogens with one attached hydrogen (secondary N) is 1. The first-order valence-electron chi connectivity index (χ1n) is 5.87. The predicted molar refractivity (Wildman–Crippen MR) is 59.6 cm³/mol. The van der Waals surface area contributed by atoms with Gasteiger partial charge in [-0.15, -0.1) is 0 Å². The molecule has 1 N–H and O–H groups in total. The van der Waals surface area contributed by atoms with Crippen molar-refractivity contribution in [1.29, 1.82) is 0 Å². The van der Waals surface area contributed by atoms with Crippen molar-refractivity contribution in [3.05, 3.63) is 0 Å². The molecule has 0 bridgehead atoms. The SMILES string of the molecule is CCCNCCCN1CCOC(C)C1. The Morgan fingerprint density at radius 2 is 2.29 bits per heavy atom. The maximum atomic E-state index is 5.50. The Balaban J connectivity index is 1.95. The second-order valence-electron chi connectivity index (χ2n) is 4.09. The van der Waals surface area contributed by atoms with Crippen LogP contribution < -0.4 is 5.32 Å². The van der Waals surface area contributed by atoms with Gasteiger partial charge in [0.1, 0.15) is 0 Å². The molecule has 84 valence electrons. The number of nitrogens with zero attached hydrogens (tertiary/aromatic N) is 1. The third kappa shape index (κ3) is 4.94. The van der Waals surface area contributed by atoms with E-state index in [2.05, 4.69) is 24.1 Å². The molecule has 0 radical (unpaired) electrons. The number of hydrogen-bond donors (Lipinski definition) is 1. The average Bonchev–Trinajstić information content (AvgIpc) is 2.18. The van der Waals surface area contributed by atoms with Gasteiger partial charge >= 0.3 is 0 Å². The van der Waals surface area contributed by atoms with Gasteiger partial charge in [0.05, 0.1) is 12.7 Å². The van der Waals surface area contributed by atoms with E-state index in [1.54, 1.807) is 0 Å². The molecule has 0 amide bonds. The number of morpholine rings is 1. The molecule has 1 aliphatic heterocycles. The number of rotatable bonds is 6. The van der Waals surface area contributed by atoms with Crippen molar-refractivity contribution in [3.8, 4) is 0 Å². The minimum Gasteiger partial charge on any atom is -0.376 e. The van der Waals surface area contributed by atoms with Gasteiger partial charge in [-0.05, 0) is 39.4 Å². The van der Waals surface area contributed by atoms with Crippen LogP contribution in [0.3, 0.4) is 0 Å². The fourth-order valence-electron chi connectivity index (χ4n) is 1.82. The van der Waals surface area contributed by atoms with E-state index < -0.39 is 0 Å². The van der Waals surface area contributed by atoms with Gasteiger partial charge in [0.25, 0.3) is 0 Å². The largest absolute Gasteiger partial charge is 0.376 e. The molecule has 0 aliphatic carbocycles. The molecular formula is C11H24N2O. The fraction of sp³-hybridized carbons (Fsp3) is 1.00. The molecule has 14 heavy (non-hydrogen) atoms. The molecule has 3 heteroatoms. The van der Waals surface area contributed by atoms with Gasteiger partial charge in [-0.2, -0.15) is 0 Å². The number of ether oxygens (including phenoxy) is 1. The monoisotopic (exact) mass is 200 g/mol. The van der Waals surface area contributed by atoms with E-state index in [1.165, 1.54) is 19.4 Å². The third-order valence-corrected chi connectivity index (χ3v) is 2.58. The van der Waals surface area contributed by atoms with E-state index in [1.807, 2.05) is 0 Å². The van der Waals surface area contributed by atoms with Gasteiger partial charge < -0.3 is 10.1 Å². The summed E-state index contributed by atoms with van der Waals surface area (Å²) in [4.78, 5) is 2.50. The Morgan fingerprint density at radius 1 is 1.43 bits per heavy atom. The molecule has 1 atom stereocenters. The van der Waals surface area contributed by atoms with E-state index >= 15 is 0 Å². The van der Waals surface area contributed by atoms with Crippen LogP contribution in [0.1, 0.15) is 26.7 Å². The molecule has 0 aromatic heterocycles. The van der Waals surface area contributed by atoms with Crippen molar-refractivity contribution in [2.75, 3.05) is 39.3 Å². The van der Waals surface area contributed by atoms with E-state index in [9.17, 15) is 0 Å². The van der Waals surface area contributed by atoms with Crippen LogP contribution in [0.15, 0.2) is 0 Å². The normalized spacial score (nSPS) is 24.0. The lowest BCUT2D eigenvalue weighted by molar-refractivity contribution is -0.0183. The zero-order valence-electron chi connectivity index (χ0n) is 9.59. The Kier molecular flexibility index (Phi) is 6.15. The maximum Gasteiger partial charge on any atom is 0.0674 e. The topological polar surface area (TPSA) is 24.5 Å². The Bertz CT molecular complexity index is 141. The zero-order chi connectivity index (χ0) is 10.2. The van der Waals surface area contributed by atoms with Crippen molar-refractivity contribution in [2.24, 2.45) is 0 Å². The van der Waals surface area contributed by atoms with Crippen LogP contribution in [0.5, 0.6) is 0 Å². The lowest BCUT2D eigenvalue weighted by Gasteiger charge is -2.30. The molecule has 0 spiro atoms. The summed E-state index contributed by atoms with van der Waals surface area (Å²) in [7, 11) is 0. The summed E-state index contributed by atoms with van der Waals surface area (Å²) in [6, 6.07) is 0. The quantitative estimate of drug-likeness (QED) is 0.650. The van der Waals surface area contributed by atoms with Gasteiger partial charge in [0.2, 0.25) is 0 Å². The average molecular weight is 200 g/mol. The van der Waals surface area contributed by atoms with Gasteiger partial charge in [-0.1, -0.05) is 6.92 Å². The molecule has 1 fully saturated rings. The number of hydrogen-bond acceptors (Lipinski definition) is 3. The highest BCUT2D eigenvalue weighted by Gasteiger charge is 2.15. The summed E-state index contributed by atoms with van der Waals surface area (Å²) in [6.07, 6.45) is 2.91. The van der Waals surface area contributed by atoms with Crippen LogP contribution in [-0.2, 0) is 4.74 Å². The van der Waals surface area contributed by atoms with Crippen LogP contribution in [0.4, 0.5) is 0 Å². The van der Waals surface area contributed by atoms with E-state index in [4.69, 9.17) is 4.74 Å². The van der Waals surface area contributed by atoms with Crippen molar-refractivity contribution in [3.63, 3.8) is 0 Å². The third-order valence-electron chi connectivity index (χ3n) is 2.58. The van der Waals surface area contributed by atoms with Crippen molar-refractivity contribution in [1.82, 2.24) is 10.2 Å². The summed E-state index contributed by atoms with van der Waals surface area (Å²) >= 11 is 0. The van der Waals surface area contributed by atoms with Crippen LogP contribution in [0.2, 0.25) is 0 Å². The summed E-state index contributed by atoms with van der Waals surface area (Å²) < 4.78 is 5.50. The molecule has 3 nitrogen and oxygen atoms in total. The van der Waals surface area contributed by atoms with Crippen molar-refractivity contribution < 1.29 is 4.74 Å². The Labute approximate surface area is 87.8 Å². The van der Waals surface area contributed by atoms with Gasteiger partial charge in [0.15, 0.2) is 0 Å². The van der Waals surface area contributed by atoms with Crippen molar-refractivity contribution in [2.45, 2.75) is 32.8 Å². The minimum absolute atomic E-state index is 0.423. The van der Waals surface area contributed by atoms with E-state index in [0.717, 1.165) is 32.8 Å². The lowest BCUT2D eigenvalue weighted by Crippen LogP contribution is -2.42. The van der Waals surface area contributed by atoms with Crippen molar-refractivity contribution >= 4 is 0 Å². The minimum atomic E-state index is 0.423. The van der Waals surface area contributed by atoms with Crippen LogP contribution in [-0.4, -0.2) is 50.3 Å². The highest BCUT2D eigenvalue weighted by Crippen LogP contribution is 2.04. The van der Waals surface area contributed by atoms with E-state index in [-0.39, 0.29) is 0 Å². The molecule has 1 heterocycles. The highest BCUT2D eigenvalue weighted by molar-refractivity contribution is 4.67. The maximum absolute atomic E-state index is 5.50. The lowest BCUT2D eigenvalue weighted by atomic mass is 10.3. The Hall–Kier alpha value is -0.120. The first-order valence-corrected chi connectivity index (χ1v) is 5.87. The molecule has 1 saturated heterocycles.